The summed E-state index contributed by atoms with van der Waals surface area (Å²) >= 11 is 0. The first kappa shape index (κ1) is 11.2. The van der Waals surface area contributed by atoms with Crippen molar-refractivity contribution < 1.29 is 4.79 Å². The molecule has 0 N–H and O–H groups in total. The third-order valence-corrected chi connectivity index (χ3v) is 0.926. The van der Waals surface area contributed by atoms with Gasteiger partial charge in [0.05, 0.1) is 0 Å². The van der Waals surface area contributed by atoms with Gasteiger partial charge in [0, 0.05) is 6.42 Å². The lowest BCUT2D eigenvalue weighted by molar-refractivity contribution is -0.107. The van der Waals surface area contributed by atoms with Gasteiger partial charge in [0.25, 0.3) is 0 Å². The van der Waals surface area contributed by atoms with Crippen molar-refractivity contribution in [1.82, 2.24) is 0 Å². The molecule has 0 aromatic rings. The first-order chi connectivity index (χ1) is 3.41. The quantitative estimate of drug-likeness (QED) is 0.410. The Morgan fingerprint density at radius 3 is 2.38 bits per heavy atom. The molecular weight excluding hydrogens is 215 g/mol. The number of aldehydes is 1. The van der Waals surface area contributed by atoms with E-state index in [0.29, 0.717) is 0 Å². The highest BCUT2D eigenvalue weighted by atomic mass is 127. The van der Waals surface area contributed by atoms with Gasteiger partial charge in [0.2, 0.25) is 0 Å². The van der Waals surface area contributed by atoms with Crippen LogP contribution >= 0.6 is 24.0 Å². The molecule has 0 amide bonds. The Morgan fingerprint density at radius 1 is 1.38 bits per heavy atom. The van der Waals surface area contributed by atoms with Crippen molar-refractivity contribution in [3.05, 3.63) is 0 Å². The van der Waals surface area contributed by atoms with Crippen molar-refractivity contribution >= 4 is 30.3 Å². The Labute approximate surface area is 67.9 Å². The van der Waals surface area contributed by atoms with E-state index in [0.717, 1.165) is 19.1 Å². The smallest absolute Gasteiger partial charge is 0.119 e. The second kappa shape index (κ2) is 10.4. The monoisotopic (exact) mass is 228 g/mol. The van der Waals surface area contributed by atoms with E-state index in [1.165, 1.54) is 12.8 Å². The molecule has 0 unspecified atom stereocenters. The van der Waals surface area contributed by atoms with Crippen molar-refractivity contribution in [2.24, 2.45) is 0 Å². The van der Waals surface area contributed by atoms with Crippen LogP contribution < -0.4 is 0 Å². The summed E-state index contributed by atoms with van der Waals surface area (Å²) in [5.74, 6) is 0. The minimum atomic E-state index is 0. The third kappa shape index (κ3) is 9.64. The molecule has 8 heavy (non-hydrogen) atoms. The van der Waals surface area contributed by atoms with Gasteiger partial charge in [0.1, 0.15) is 6.29 Å². The highest BCUT2D eigenvalue weighted by Gasteiger charge is 1.80. The number of hydrogen-bond acceptors (Lipinski definition) is 1. The molecule has 0 rings (SSSR count). The highest BCUT2D eigenvalue weighted by Crippen LogP contribution is 1.94. The summed E-state index contributed by atoms with van der Waals surface area (Å²) in [4.78, 5) is 9.68. The van der Waals surface area contributed by atoms with E-state index in [-0.39, 0.29) is 24.0 Å². The van der Waals surface area contributed by atoms with Gasteiger partial charge in [-0.15, -0.1) is 24.0 Å². The van der Waals surface area contributed by atoms with Gasteiger partial charge in [-0.05, 0) is 6.42 Å². The van der Waals surface area contributed by atoms with Gasteiger partial charge in [0.15, 0.2) is 0 Å². The summed E-state index contributed by atoms with van der Waals surface area (Å²) in [6, 6.07) is 0. The number of hydrogen-bond donors (Lipinski definition) is 0. The molecule has 50 valence electrons. The molecule has 0 heterocycles. The Morgan fingerprint density at radius 2 is 2.00 bits per heavy atom. The molecule has 0 aliphatic carbocycles. The van der Waals surface area contributed by atoms with Crippen LogP contribution in [0.1, 0.15) is 32.6 Å². The Kier molecular flexibility index (Phi) is 14.6. The molecule has 0 fully saturated rings. The van der Waals surface area contributed by atoms with Crippen molar-refractivity contribution in [2.45, 2.75) is 32.6 Å². The van der Waals surface area contributed by atoms with Crippen molar-refractivity contribution in [1.29, 1.82) is 0 Å². The predicted octanol–water partition coefficient (Wildman–Crippen LogP) is 2.38. The Balaban J connectivity index is 0. The van der Waals surface area contributed by atoms with Gasteiger partial charge in [-0.3, -0.25) is 0 Å². The number of halogens is 1. The summed E-state index contributed by atoms with van der Waals surface area (Å²) in [5.41, 5.74) is 0. The van der Waals surface area contributed by atoms with Gasteiger partial charge < -0.3 is 4.79 Å². The Hall–Kier alpha value is 0.400. The van der Waals surface area contributed by atoms with E-state index >= 15 is 0 Å². The van der Waals surface area contributed by atoms with Crippen LogP contribution in [0.15, 0.2) is 0 Å². The molecule has 0 spiro atoms. The predicted molar refractivity (Wildman–Crippen MR) is 45.6 cm³/mol. The SMILES string of the molecule is CCCCCC=O.I. The second-order valence-electron chi connectivity index (χ2n) is 1.66. The van der Waals surface area contributed by atoms with Crippen LogP contribution in [-0.4, -0.2) is 6.29 Å². The lowest BCUT2D eigenvalue weighted by Crippen LogP contribution is -1.73. The van der Waals surface area contributed by atoms with Crippen LogP contribution in [0, 0.1) is 0 Å². The molecule has 0 bridgehead atoms. The molecule has 0 aliphatic rings. The molecule has 0 saturated heterocycles. The van der Waals surface area contributed by atoms with E-state index in [1.54, 1.807) is 0 Å². The number of carbonyl (C=O) groups excluding carboxylic acids is 1. The molecule has 0 aromatic heterocycles. The fourth-order valence-electron chi connectivity index (χ4n) is 0.478. The highest BCUT2D eigenvalue weighted by molar-refractivity contribution is 14.0. The molecule has 1 nitrogen and oxygen atoms in total. The number of unbranched alkanes of at least 4 members (excludes halogenated alkanes) is 3. The van der Waals surface area contributed by atoms with Crippen LogP contribution in [0.4, 0.5) is 0 Å². The standard InChI is InChI=1S/C6H12O.HI/c1-2-3-4-5-6-7;/h6H,2-5H2,1H3;1H. The van der Waals surface area contributed by atoms with Gasteiger partial charge in [-0.2, -0.15) is 0 Å². The van der Waals surface area contributed by atoms with Crippen molar-refractivity contribution in [3.63, 3.8) is 0 Å². The molecule has 0 aliphatic heterocycles. The van der Waals surface area contributed by atoms with E-state index in [9.17, 15) is 4.79 Å². The van der Waals surface area contributed by atoms with E-state index < -0.39 is 0 Å². The fraction of sp³-hybridized carbons (Fsp3) is 0.833. The topological polar surface area (TPSA) is 17.1 Å². The molecular formula is C6H13IO. The third-order valence-electron chi connectivity index (χ3n) is 0.926. The zero-order chi connectivity index (χ0) is 5.54. The van der Waals surface area contributed by atoms with E-state index in [4.69, 9.17) is 0 Å². The van der Waals surface area contributed by atoms with Crippen molar-refractivity contribution in [2.75, 3.05) is 0 Å². The zero-order valence-corrected chi connectivity index (χ0v) is 7.55. The average molecular weight is 228 g/mol. The van der Waals surface area contributed by atoms with Crippen LogP contribution in [0.3, 0.4) is 0 Å². The summed E-state index contributed by atoms with van der Waals surface area (Å²) in [7, 11) is 0. The van der Waals surface area contributed by atoms with Crippen LogP contribution in [0.5, 0.6) is 0 Å². The van der Waals surface area contributed by atoms with Gasteiger partial charge >= 0.3 is 0 Å². The molecule has 0 radical (unpaired) electrons. The van der Waals surface area contributed by atoms with E-state index in [1.807, 2.05) is 0 Å². The van der Waals surface area contributed by atoms with Gasteiger partial charge in [-0.1, -0.05) is 19.8 Å². The normalized spacial score (nSPS) is 7.62. The minimum Gasteiger partial charge on any atom is -0.303 e. The fourth-order valence-corrected chi connectivity index (χ4v) is 0.478. The maximum absolute atomic E-state index is 9.68. The summed E-state index contributed by atoms with van der Waals surface area (Å²) in [6.45, 7) is 2.13. The molecule has 2 heteroatoms. The van der Waals surface area contributed by atoms with Crippen molar-refractivity contribution in [3.8, 4) is 0 Å². The largest absolute Gasteiger partial charge is 0.303 e. The summed E-state index contributed by atoms with van der Waals surface area (Å²) < 4.78 is 0. The van der Waals surface area contributed by atoms with E-state index in [2.05, 4.69) is 6.92 Å². The second-order valence-corrected chi connectivity index (χ2v) is 1.66. The Bertz CT molecular complexity index is 45.8. The minimum absolute atomic E-state index is 0. The van der Waals surface area contributed by atoms with Crippen LogP contribution in [0.2, 0.25) is 0 Å². The van der Waals surface area contributed by atoms with Crippen LogP contribution in [0.25, 0.3) is 0 Å². The lowest BCUT2D eigenvalue weighted by atomic mass is 10.2. The molecule has 0 aromatic carbocycles. The molecule has 0 atom stereocenters. The zero-order valence-electron chi connectivity index (χ0n) is 5.22. The number of rotatable bonds is 4. The first-order valence-electron chi connectivity index (χ1n) is 2.85. The summed E-state index contributed by atoms with van der Waals surface area (Å²) in [6.07, 6.45) is 5.19. The number of carbonyl (C=O) groups is 1. The average Bonchev–Trinajstić information content (AvgIpc) is 1.69. The lowest BCUT2D eigenvalue weighted by Gasteiger charge is -1.85. The van der Waals surface area contributed by atoms with Gasteiger partial charge in [-0.25, -0.2) is 0 Å². The molecule has 0 saturated carbocycles. The summed E-state index contributed by atoms with van der Waals surface area (Å²) in [5, 5.41) is 0. The van der Waals surface area contributed by atoms with Crippen LogP contribution in [-0.2, 0) is 4.79 Å². The maximum atomic E-state index is 9.68. The first-order valence-corrected chi connectivity index (χ1v) is 2.85. The maximum Gasteiger partial charge on any atom is 0.119 e.